The van der Waals surface area contributed by atoms with Gasteiger partial charge in [0.05, 0.1) is 14.2 Å². The van der Waals surface area contributed by atoms with E-state index in [2.05, 4.69) is 187 Å². The first-order valence-electron chi connectivity index (χ1n) is 18.6. The van der Waals surface area contributed by atoms with Crippen molar-refractivity contribution in [3.63, 3.8) is 0 Å². The van der Waals surface area contributed by atoms with Crippen molar-refractivity contribution >= 4 is 37.1 Å². The molecular weight excluding hydrogens is 682 g/mol. The lowest BCUT2D eigenvalue weighted by atomic mass is 9.82. The second kappa shape index (κ2) is 16.8. The van der Waals surface area contributed by atoms with Crippen LogP contribution in [0.15, 0.2) is 146 Å². The maximum Gasteiger partial charge on any atom is 0.125 e. The molecule has 0 aliphatic rings. The van der Waals surface area contributed by atoms with Gasteiger partial charge < -0.3 is 9.47 Å². The van der Waals surface area contributed by atoms with Crippen LogP contribution in [-0.4, -0.2) is 14.2 Å². The Morgan fingerprint density at radius 1 is 0.396 bits per heavy atom. The van der Waals surface area contributed by atoms with E-state index >= 15 is 0 Å². The first-order valence-corrected chi connectivity index (χ1v) is 21.7. The standard InChI is InChI=1S/C49H54O2P2/c1-48(2,3)40-30-36(46(50-7)38(32-40)34-52(42-21-13-9-14-22-42)43-23-15-10-16-24-43)29-37-31-41(49(4,5)6)33-39(47(37)51-8)35-53(44-25-17-11-18-26-44)45-27-19-12-20-28-45/h9-28,30-33H,29,34-35H2,1-8H3. The third-order valence-corrected chi connectivity index (χ3v) is 14.9. The van der Waals surface area contributed by atoms with Gasteiger partial charge in [-0.15, -0.1) is 0 Å². The average Bonchev–Trinajstić information content (AvgIpc) is 3.16. The van der Waals surface area contributed by atoms with E-state index in [1.807, 2.05) is 14.2 Å². The molecule has 0 spiro atoms. The highest BCUT2D eigenvalue weighted by molar-refractivity contribution is 7.72. The Bertz CT molecular complexity index is 1850. The fourth-order valence-electron chi connectivity index (χ4n) is 7.04. The molecule has 0 bridgehead atoms. The zero-order valence-corrected chi connectivity index (χ0v) is 34.5. The second-order valence-corrected chi connectivity index (χ2v) is 20.3. The second-order valence-electron chi connectivity index (χ2n) is 15.8. The summed E-state index contributed by atoms with van der Waals surface area (Å²) in [5.74, 6) is 1.97. The van der Waals surface area contributed by atoms with E-state index in [9.17, 15) is 0 Å². The van der Waals surface area contributed by atoms with Crippen molar-refractivity contribution in [3.05, 3.63) is 179 Å². The minimum atomic E-state index is -0.661. The molecule has 0 amide bonds. The summed E-state index contributed by atoms with van der Waals surface area (Å²) in [7, 11) is 2.36. The molecule has 53 heavy (non-hydrogen) atoms. The zero-order chi connectivity index (χ0) is 37.6. The summed E-state index contributed by atoms with van der Waals surface area (Å²) in [5.41, 5.74) is 7.49. The number of methoxy groups -OCH3 is 2. The number of hydrogen-bond acceptors (Lipinski definition) is 2. The van der Waals surface area contributed by atoms with Crippen molar-refractivity contribution in [1.82, 2.24) is 0 Å². The largest absolute Gasteiger partial charge is 0.496 e. The van der Waals surface area contributed by atoms with Gasteiger partial charge in [-0.2, -0.15) is 0 Å². The summed E-state index contributed by atoms with van der Waals surface area (Å²) in [6.07, 6.45) is 2.50. The Kier molecular flexibility index (Phi) is 12.2. The molecule has 0 aliphatic heterocycles. The van der Waals surface area contributed by atoms with E-state index in [0.717, 1.165) is 23.8 Å². The fraction of sp³-hybridized carbons (Fsp3) is 0.265. The molecule has 0 aliphatic carbocycles. The van der Waals surface area contributed by atoms with Crippen LogP contribution in [0.25, 0.3) is 0 Å². The van der Waals surface area contributed by atoms with Crippen LogP contribution in [0.2, 0.25) is 0 Å². The van der Waals surface area contributed by atoms with Crippen LogP contribution in [0.1, 0.15) is 74.9 Å². The smallest absolute Gasteiger partial charge is 0.125 e. The molecule has 0 saturated carbocycles. The normalized spacial score (nSPS) is 12.0. The van der Waals surface area contributed by atoms with Crippen LogP contribution in [0.3, 0.4) is 0 Å². The maximum atomic E-state index is 6.44. The monoisotopic (exact) mass is 736 g/mol. The van der Waals surface area contributed by atoms with Gasteiger partial charge in [0.25, 0.3) is 0 Å². The van der Waals surface area contributed by atoms with Crippen molar-refractivity contribution < 1.29 is 9.47 Å². The molecule has 0 heterocycles. The molecule has 0 aromatic heterocycles. The van der Waals surface area contributed by atoms with Crippen LogP contribution in [0, 0.1) is 0 Å². The Balaban J connectivity index is 1.50. The SMILES string of the molecule is COc1c(Cc2cc(C(C)(C)C)cc(CP(c3ccccc3)c3ccccc3)c2OC)cc(C(C)(C)C)cc1CP(c1ccccc1)c1ccccc1. The Hall–Kier alpha value is -4.22. The highest BCUT2D eigenvalue weighted by atomic mass is 31.1. The van der Waals surface area contributed by atoms with Crippen molar-refractivity contribution in [2.24, 2.45) is 0 Å². The Morgan fingerprint density at radius 2 is 0.660 bits per heavy atom. The van der Waals surface area contributed by atoms with Crippen LogP contribution in [0.5, 0.6) is 11.5 Å². The minimum absolute atomic E-state index is 0.0400. The Morgan fingerprint density at radius 3 is 0.906 bits per heavy atom. The van der Waals surface area contributed by atoms with Crippen molar-refractivity contribution in [3.8, 4) is 11.5 Å². The fourth-order valence-corrected chi connectivity index (χ4v) is 11.6. The van der Waals surface area contributed by atoms with E-state index in [1.54, 1.807) is 0 Å². The molecule has 4 heteroatoms. The van der Waals surface area contributed by atoms with Crippen molar-refractivity contribution in [2.45, 2.75) is 71.1 Å². The third-order valence-electron chi connectivity index (χ3n) is 9.94. The Labute approximate surface area is 321 Å². The van der Waals surface area contributed by atoms with Gasteiger partial charge in [-0.25, -0.2) is 0 Å². The molecule has 6 aromatic carbocycles. The summed E-state index contributed by atoms with van der Waals surface area (Å²) < 4.78 is 12.9. The van der Waals surface area contributed by atoms with Crippen LogP contribution in [0.4, 0.5) is 0 Å². The number of benzene rings is 6. The van der Waals surface area contributed by atoms with Gasteiger partial charge in [-0.3, -0.25) is 0 Å². The van der Waals surface area contributed by atoms with E-state index in [0.29, 0.717) is 6.42 Å². The molecule has 0 fully saturated rings. The first kappa shape index (κ1) is 38.5. The molecule has 0 radical (unpaired) electrons. The summed E-state index contributed by atoms with van der Waals surface area (Å²) >= 11 is 0. The quantitative estimate of drug-likeness (QED) is 0.117. The summed E-state index contributed by atoms with van der Waals surface area (Å²) in [6.45, 7) is 13.9. The van der Waals surface area contributed by atoms with E-state index < -0.39 is 15.8 Å². The lowest BCUT2D eigenvalue weighted by Gasteiger charge is -2.28. The van der Waals surface area contributed by atoms with Crippen molar-refractivity contribution in [2.75, 3.05) is 14.2 Å². The topological polar surface area (TPSA) is 18.5 Å². The summed E-state index contributed by atoms with van der Waals surface area (Å²) in [6, 6.07) is 53.6. The molecule has 272 valence electrons. The number of hydrogen-bond donors (Lipinski definition) is 0. The van der Waals surface area contributed by atoms with Gasteiger partial charge in [0, 0.05) is 18.7 Å². The molecule has 6 rings (SSSR count). The zero-order valence-electron chi connectivity index (χ0n) is 32.7. The molecule has 0 atom stereocenters. The van der Waals surface area contributed by atoms with Crippen LogP contribution < -0.4 is 30.7 Å². The van der Waals surface area contributed by atoms with Gasteiger partial charge in [0.1, 0.15) is 11.5 Å². The van der Waals surface area contributed by atoms with E-state index in [1.165, 1.54) is 54.6 Å². The molecule has 0 saturated heterocycles. The van der Waals surface area contributed by atoms with Crippen LogP contribution >= 0.6 is 15.8 Å². The summed E-state index contributed by atoms with van der Waals surface area (Å²) in [4.78, 5) is 0. The lowest BCUT2D eigenvalue weighted by molar-refractivity contribution is 0.401. The molecule has 2 nitrogen and oxygen atoms in total. The highest BCUT2D eigenvalue weighted by Gasteiger charge is 2.27. The number of rotatable bonds is 12. The molecule has 6 aromatic rings. The molecule has 0 N–H and O–H groups in total. The van der Waals surface area contributed by atoms with E-state index in [-0.39, 0.29) is 10.8 Å². The van der Waals surface area contributed by atoms with Gasteiger partial charge in [-0.1, -0.05) is 187 Å². The highest BCUT2D eigenvalue weighted by Crippen LogP contribution is 2.46. The summed E-state index contributed by atoms with van der Waals surface area (Å²) in [5, 5.41) is 5.49. The van der Waals surface area contributed by atoms with Gasteiger partial charge in [0.15, 0.2) is 0 Å². The van der Waals surface area contributed by atoms with Gasteiger partial charge in [0.2, 0.25) is 0 Å². The van der Waals surface area contributed by atoms with Crippen LogP contribution in [-0.2, 0) is 29.6 Å². The predicted molar refractivity (Wildman–Crippen MR) is 232 cm³/mol. The average molecular weight is 737 g/mol. The predicted octanol–water partition coefficient (Wildman–Crippen LogP) is 11.2. The minimum Gasteiger partial charge on any atom is -0.496 e. The number of ether oxygens (including phenoxy) is 2. The van der Waals surface area contributed by atoms with Gasteiger partial charge >= 0.3 is 0 Å². The first-order chi connectivity index (χ1) is 25.5. The van der Waals surface area contributed by atoms with Gasteiger partial charge in [-0.05, 0) is 81.3 Å². The molecular formula is C49H54O2P2. The van der Waals surface area contributed by atoms with E-state index in [4.69, 9.17) is 9.47 Å². The lowest BCUT2D eigenvalue weighted by Crippen LogP contribution is -2.17. The maximum absolute atomic E-state index is 6.44. The molecule has 0 unspecified atom stereocenters. The van der Waals surface area contributed by atoms with Crippen molar-refractivity contribution in [1.29, 1.82) is 0 Å². The third kappa shape index (κ3) is 9.30.